The topological polar surface area (TPSA) is 41.1 Å². The number of halogens is 1. The number of hydrogen-bond donors (Lipinski definition) is 2. The molecule has 0 saturated carbocycles. The molecule has 0 spiro atoms. The highest BCUT2D eigenvalue weighted by Gasteiger charge is 2.11. The Balaban J connectivity index is 2.02. The van der Waals surface area contributed by atoms with E-state index in [4.69, 9.17) is 0 Å². The molecule has 2 N–H and O–H groups in total. The number of carbonyl (C=O) groups excluding carboxylic acids is 1. The highest BCUT2D eigenvalue weighted by Crippen LogP contribution is 2.27. The second-order valence-electron chi connectivity index (χ2n) is 5.63. The van der Waals surface area contributed by atoms with Crippen LogP contribution in [-0.2, 0) is 6.54 Å². The third-order valence-electron chi connectivity index (χ3n) is 3.53. The Morgan fingerprint density at radius 1 is 1.14 bits per heavy atom. The number of nitrogens with one attached hydrogen (secondary N) is 2. The second kappa shape index (κ2) is 7.45. The van der Waals surface area contributed by atoms with Crippen molar-refractivity contribution in [2.75, 3.05) is 5.32 Å². The normalized spacial score (nSPS) is 10.6. The minimum atomic E-state index is -0.181. The van der Waals surface area contributed by atoms with Crippen molar-refractivity contribution in [3.8, 4) is 0 Å². The molecule has 4 heteroatoms. The number of aryl methyl sites for hydroxylation is 1. The van der Waals surface area contributed by atoms with Crippen LogP contribution in [0.4, 0.5) is 10.5 Å². The summed E-state index contributed by atoms with van der Waals surface area (Å²) in [5.41, 5.74) is 4.20. The first-order valence-electron chi connectivity index (χ1n) is 7.36. The van der Waals surface area contributed by atoms with Crippen LogP contribution in [-0.4, -0.2) is 6.03 Å². The second-order valence-corrected chi connectivity index (χ2v) is 6.54. The zero-order chi connectivity index (χ0) is 16.1. The van der Waals surface area contributed by atoms with E-state index >= 15 is 0 Å². The van der Waals surface area contributed by atoms with Gasteiger partial charge in [-0.1, -0.05) is 60.1 Å². The predicted molar refractivity (Wildman–Crippen MR) is 95.3 cm³/mol. The van der Waals surface area contributed by atoms with Crippen LogP contribution in [0.15, 0.2) is 46.9 Å². The van der Waals surface area contributed by atoms with Crippen molar-refractivity contribution < 1.29 is 4.79 Å². The number of rotatable bonds is 4. The van der Waals surface area contributed by atoms with Crippen LogP contribution < -0.4 is 10.6 Å². The van der Waals surface area contributed by atoms with E-state index in [1.54, 1.807) is 0 Å². The molecule has 0 aliphatic rings. The Morgan fingerprint density at radius 3 is 2.45 bits per heavy atom. The van der Waals surface area contributed by atoms with E-state index in [0.717, 1.165) is 26.9 Å². The van der Waals surface area contributed by atoms with E-state index < -0.39 is 0 Å². The van der Waals surface area contributed by atoms with Gasteiger partial charge in [0.15, 0.2) is 0 Å². The quantitative estimate of drug-likeness (QED) is 0.772. The number of benzene rings is 2. The summed E-state index contributed by atoms with van der Waals surface area (Å²) >= 11 is 3.40. The van der Waals surface area contributed by atoms with Crippen LogP contribution in [0, 0.1) is 6.92 Å². The number of urea groups is 1. The number of para-hydroxylation sites is 1. The first kappa shape index (κ1) is 16.6. The van der Waals surface area contributed by atoms with Crippen molar-refractivity contribution in [1.82, 2.24) is 5.32 Å². The summed E-state index contributed by atoms with van der Waals surface area (Å²) in [5, 5.41) is 5.88. The van der Waals surface area contributed by atoms with Crippen molar-refractivity contribution in [3.05, 3.63) is 63.6 Å². The maximum absolute atomic E-state index is 12.1. The van der Waals surface area contributed by atoms with E-state index in [0.29, 0.717) is 12.5 Å². The van der Waals surface area contributed by atoms with Gasteiger partial charge >= 0.3 is 6.03 Å². The summed E-state index contributed by atoms with van der Waals surface area (Å²) in [7, 11) is 0. The van der Waals surface area contributed by atoms with Crippen molar-refractivity contribution in [2.45, 2.75) is 33.2 Å². The zero-order valence-electron chi connectivity index (χ0n) is 13.1. The van der Waals surface area contributed by atoms with Crippen molar-refractivity contribution >= 4 is 27.6 Å². The molecule has 0 aliphatic carbocycles. The zero-order valence-corrected chi connectivity index (χ0v) is 14.7. The lowest BCUT2D eigenvalue weighted by atomic mass is 9.98. The molecular weight excluding hydrogens is 340 g/mol. The molecule has 0 heterocycles. The molecule has 2 amide bonds. The Bertz CT molecular complexity index is 651. The summed E-state index contributed by atoms with van der Waals surface area (Å²) < 4.78 is 1.03. The van der Waals surface area contributed by atoms with Gasteiger partial charge in [0.1, 0.15) is 0 Å². The molecule has 2 rings (SSSR count). The molecule has 0 aliphatic heterocycles. The summed E-state index contributed by atoms with van der Waals surface area (Å²) in [6.07, 6.45) is 0. The molecule has 3 nitrogen and oxygen atoms in total. The highest BCUT2D eigenvalue weighted by atomic mass is 79.9. The Kier molecular flexibility index (Phi) is 5.61. The first-order valence-corrected chi connectivity index (χ1v) is 8.15. The fourth-order valence-electron chi connectivity index (χ4n) is 2.28. The Morgan fingerprint density at radius 2 is 1.82 bits per heavy atom. The van der Waals surface area contributed by atoms with Gasteiger partial charge < -0.3 is 10.6 Å². The monoisotopic (exact) mass is 360 g/mol. The van der Waals surface area contributed by atoms with Crippen LogP contribution >= 0.6 is 15.9 Å². The molecule has 116 valence electrons. The average Bonchev–Trinajstić information content (AvgIpc) is 2.48. The average molecular weight is 361 g/mol. The Hall–Kier alpha value is -1.81. The van der Waals surface area contributed by atoms with Gasteiger partial charge in [-0.3, -0.25) is 0 Å². The molecular formula is C18H21BrN2O. The van der Waals surface area contributed by atoms with E-state index in [1.807, 2.05) is 43.3 Å². The van der Waals surface area contributed by atoms with Gasteiger partial charge in [0.05, 0.1) is 0 Å². The lowest BCUT2D eigenvalue weighted by Gasteiger charge is -2.16. The molecule has 0 fully saturated rings. The molecule has 2 aromatic rings. The van der Waals surface area contributed by atoms with Gasteiger partial charge in [-0.05, 0) is 41.7 Å². The van der Waals surface area contributed by atoms with Crippen molar-refractivity contribution in [1.29, 1.82) is 0 Å². The largest absolute Gasteiger partial charge is 0.334 e. The summed E-state index contributed by atoms with van der Waals surface area (Å²) in [5.74, 6) is 0.363. The van der Waals surface area contributed by atoms with E-state index in [9.17, 15) is 4.79 Å². The van der Waals surface area contributed by atoms with E-state index in [-0.39, 0.29) is 6.03 Å². The van der Waals surface area contributed by atoms with Gasteiger partial charge in [0.2, 0.25) is 0 Å². The maximum Gasteiger partial charge on any atom is 0.319 e. The SMILES string of the molecule is Cc1cccc(C(C)C)c1NC(=O)NCc1ccc(Br)cc1. The smallest absolute Gasteiger partial charge is 0.319 e. The van der Waals surface area contributed by atoms with Gasteiger partial charge in [0, 0.05) is 16.7 Å². The standard InChI is InChI=1S/C18H21BrN2O/c1-12(2)16-6-4-5-13(3)17(16)21-18(22)20-11-14-7-9-15(19)10-8-14/h4-10,12H,11H2,1-3H3,(H2,20,21,22). The first-order chi connectivity index (χ1) is 10.5. The van der Waals surface area contributed by atoms with Crippen molar-refractivity contribution in [2.24, 2.45) is 0 Å². The lowest BCUT2D eigenvalue weighted by molar-refractivity contribution is 0.251. The fourth-order valence-corrected chi connectivity index (χ4v) is 2.55. The van der Waals surface area contributed by atoms with Crippen LogP contribution in [0.25, 0.3) is 0 Å². The number of carbonyl (C=O) groups is 1. The molecule has 0 unspecified atom stereocenters. The van der Waals surface area contributed by atoms with Crippen LogP contribution in [0.2, 0.25) is 0 Å². The van der Waals surface area contributed by atoms with Gasteiger partial charge in [0.25, 0.3) is 0 Å². The number of amides is 2. The Labute approximate surface area is 140 Å². The highest BCUT2D eigenvalue weighted by molar-refractivity contribution is 9.10. The van der Waals surface area contributed by atoms with Crippen molar-refractivity contribution in [3.63, 3.8) is 0 Å². The van der Waals surface area contributed by atoms with E-state index in [1.165, 1.54) is 0 Å². The fraction of sp³-hybridized carbons (Fsp3) is 0.278. The number of anilines is 1. The van der Waals surface area contributed by atoms with Gasteiger partial charge in [-0.15, -0.1) is 0 Å². The number of hydrogen-bond acceptors (Lipinski definition) is 1. The minimum Gasteiger partial charge on any atom is -0.334 e. The minimum absolute atomic E-state index is 0.181. The summed E-state index contributed by atoms with van der Waals surface area (Å²) in [6.45, 7) is 6.76. The van der Waals surface area contributed by atoms with Crippen LogP contribution in [0.1, 0.15) is 36.5 Å². The molecule has 22 heavy (non-hydrogen) atoms. The van der Waals surface area contributed by atoms with Gasteiger partial charge in [-0.25, -0.2) is 4.79 Å². The van der Waals surface area contributed by atoms with Crippen LogP contribution in [0.3, 0.4) is 0 Å². The molecule has 0 atom stereocenters. The molecule has 2 aromatic carbocycles. The summed E-state index contributed by atoms with van der Waals surface area (Å²) in [4.78, 5) is 12.1. The summed E-state index contributed by atoms with van der Waals surface area (Å²) in [6, 6.07) is 13.8. The molecule has 0 radical (unpaired) electrons. The molecule has 0 saturated heterocycles. The molecule has 0 aromatic heterocycles. The maximum atomic E-state index is 12.1. The van der Waals surface area contributed by atoms with Gasteiger partial charge in [-0.2, -0.15) is 0 Å². The third-order valence-corrected chi connectivity index (χ3v) is 4.06. The third kappa shape index (κ3) is 4.34. The van der Waals surface area contributed by atoms with E-state index in [2.05, 4.69) is 46.5 Å². The lowest BCUT2D eigenvalue weighted by Crippen LogP contribution is -2.29. The predicted octanol–water partition coefficient (Wildman–Crippen LogP) is 5.20. The molecule has 0 bridgehead atoms. The van der Waals surface area contributed by atoms with Crippen LogP contribution in [0.5, 0.6) is 0 Å².